The summed E-state index contributed by atoms with van der Waals surface area (Å²) in [5.41, 5.74) is 0.785. The van der Waals surface area contributed by atoms with Crippen LogP contribution in [0.15, 0.2) is 29.2 Å². The lowest BCUT2D eigenvalue weighted by atomic mass is 10.3. The second-order valence-corrected chi connectivity index (χ2v) is 5.78. The molecule has 0 amide bonds. The van der Waals surface area contributed by atoms with Crippen LogP contribution in [0.5, 0.6) is 0 Å². The molecule has 0 saturated heterocycles. The van der Waals surface area contributed by atoms with Gasteiger partial charge in [-0.3, -0.25) is 0 Å². The number of nitrogens with zero attached hydrogens (tertiary/aromatic N) is 1. The normalized spacial score (nSPS) is 12.1. The van der Waals surface area contributed by atoms with Gasteiger partial charge >= 0.3 is 0 Å². The molecule has 0 aromatic heterocycles. The minimum absolute atomic E-state index is 0.00676. The Labute approximate surface area is 106 Å². The van der Waals surface area contributed by atoms with Gasteiger partial charge in [0.2, 0.25) is 10.0 Å². The highest BCUT2D eigenvalue weighted by molar-refractivity contribution is 7.89. The predicted molar refractivity (Wildman–Crippen MR) is 66.4 cm³/mol. The van der Waals surface area contributed by atoms with Crippen molar-refractivity contribution in [3.63, 3.8) is 0 Å². The molecule has 0 unspecified atom stereocenters. The lowest BCUT2D eigenvalue weighted by molar-refractivity contribution is 0.126. The summed E-state index contributed by atoms with van der Waals surface area (Å²) in [5.74, 6) is 0. The van der Waals surface area contributed by atoms with E-state index in [0.717, 1.165) is 19.3 Å². The molecule has 0 aliphatic heterocycles. The Bertz CT molecular complexity index is 474. The van der Waals surface area contributed by atoms with Gasteiger partial charge in [-0.05, 0) is 31.2 Å². The highest BCUT2D eigenvalue weighted by Gasteiger charge is 2.23. The van der Waals surface area contributed by atoms with Crippen LogP contribution in [0.3, 0.4) is 0 Å². The standard InChI is InChI=1S/C11H16F2N2O2S/c1-3-14-9-4-6-10(7-5-9)18(16,17)15(2)8-11(12)13/h4-7,11,14H,3,8H2,1-2H3. The highest BCUT2D eigenvalue weighted by Crippen LogP contribution is 2.18. The summed E-state index contributed by atoms with van der Waals surface area (Å²) in [6.45, 7) is 1.83. The van der Waals surface area contributed by atoms with Crippen LogP contribution in [-0.2, 0) is 10.0 Å². The molecule has 0 atom stereocenters. The Kier molecular flexibility index (Phi) is 5.03. The zero-order valence-electron chi connectivity index (χ0n) is 10.2. The molecule has 0 radical (unpaired) electrons. The highest BCUT2D eigenvalue weighted by atomic mass is 32.2. The minimum atomic E-state index is -3.84. The molecule has 7 heteroatoms. The first-order chi connectivity index (χ1) is 8.37. The van der Waals surface area contributed by atoms with Crippen LogP contribution in [0.25, 0.3) is 0 Å². The fraction of sp³-hybridized carbons (Fsp3) is 0.455. The van der Waals surface area contributed by atoms with Gasteiger partial charge in [-0.15, -0.1) is 0 Å². The molecule has 18 heavy (non-hydrogen) atoms. The second-order valence-electron chi connectivity index (χ2n) is 3.73. The van der Waals surface area contributed by atoms with Crippen molar-refractivity contribution in [1.82, 2.24) is 4.31 Å². The molecule has 0 saturated carbocycles. The van der Waals surface area contributed by atoms with Gasteiger partial charge in [-0.2, -0.15) is 4.31 Å². The maximum absolute atomic E-state index is 12.2. The Morgan fingerprint density at radius 2 is 1.83 bits per heavy atom. The van der Waals surface area contributed by atoms with E-state index in [-0.39, 0.29) is 4.90 Å². The zero-order chi connectivity index (χ0) is 13.8. The van der Waals surface area contributed by atoms with Crippen molar-refractivity contribution < 1.29 is 17.2 Å². The van der Waals surface area contributed by atoms with E-state index in [9.17, 15) is 17.2 Å². The quantitative estimate of drug-likeness (QED) is 0.866. The summed E-state index contributed by atoms with van der Waals surface area (Å²) in [5, 5.41) is 3.02. The van der Waals surface area contributed by atoms with Crippen molar-refractivity contribution in [2.45, 2.75) is 18.2 Å². The number of hydrogen-bond acceptors (Lipinski definition) is 3. The Morgan fingerprint density at radius 1 is 1.28 bits per heavy atom. The number of nitrogens with one attached hydrogen (secondary N) is 1. The Morgan fingerprint density at radius 3 is 2.28 bits per heavy atom. The van der Waals surface area contributed by atoms with Crippen molar-refractivity contribution in [1.29, 1.82) is 0 Å². The largest absolute Gasteiger partial charge is 0.385 e. The van der Waals surface area contributed by atoms with Gasteiger partial charge in [0.15, 0.2) is 0 Å². The number of anilines is 1. The molecule has 0 heterocycles. The zero-order valence-corrected chi connectivity index (χ0v) is 11.0. The first-order valence-electron chi connectivity index (χ1n) is 5.46. The van der Waals surface area contributed by atoms with Crippen LogP contribution in [-0.4, -0.2) is 39.3 Å². The van der Waals surface area contributed by atoms with Gasteiger partial charge in [0, 0.05) is 19.3 Å². The minimum Gasteiger partial charge on any atom is -0.385 e. The summed E-state index contributed by atoms with van der Waals surface area (Å²) >= 11 is 0. The molecule has 1 N–H and O–H groups in total. The average Bonchev–Trinajstić information content (AvgIpc) is 2.29. The first-order valence-corrected chi connectivity index (χ1v) is 6.90. The topological polar surface area (TPSA) is 49.4 Å². The monoisotopic (exact) mass is 278 g/mol. The maximum atomic E-state index is 12.2. The maximum Gasteiger partial charge on any atom is 0.252 e. The summed E-state index contributed by atoms with van der Waals surface area (Å²) < 4.78 is 48.8. The van der Waals surface area contributed by atoms with Crippen molar-refractivity contribution in [3.05, 3.63) is 24.3 Å². The molecule has 0 bridgehead atoms. The molecule has 1 aromatic carbocycles. The number of rotatable bonds is 6. The van der Waals surface area contributed by atoms with Gasteiger partial charge in [0.25, 0.3) is 6.43 Å². The molecule has 0 aliphatic rings. The van der Waals surface area contributed by atoms with E-state index >= 15 is 0 Å². The van der Waals surface area contributed by atoms with Crippen LogP contribution in [0.4, 0.5) is 14.5 Å². The Balaban J connectivity index is 2.91. The van der Waals surface area contributed by atoms with Gasteiger partial charge in [0.1, 0.15) is 0 Å². The molecule has 0 spiro atoms. The van der Waals surface area contributed by atoms with Crippen molar-refractivity contribution in [2.24, 2.45) is 0 Å². The molecule has 0 fully saturated rings. The van der Waals surface area contributed by atoms with Crippen molar-refractivity contribution in [3.8, 4) is 0 Å². The summed E-state index contributed by atoms with van der Waals surface area (Å²) in [4.78, 5) is 0.00676. The van der Waals surface area contributed by atoms with Crippen LogP contribution >= 0.6 is 0 Å². The average molecular weight is 278 g/mol. The van der Waals surface area contributed by atoms with Crippen LogP contribution < -0.4 is 5.32 Å². The van der Waals surface area contributed by atoms with Gasteiger partial charge in [-0.1, -0.05) is 0 Å². The molecule has 102 valence electrons. The first kappa shape index (κ1) is 14.8. The molecular weight excluding hydrogens is 262 g/mol. The third-order valence-corrected chi connectivity index (χ3v) is 4.18. The molecular formula is C11H16F2N2O2S. The third-order valence-electron chi connectivity index (χ3n) is 2.34. The molecule has 1 aromatic rings. The smallest absolute Gasteiger partial charge is 0.252 e. The number of hydrogen-bond donors (Lipinski definition) is 1. The van der Waals surface area contributed by atoms with Gasteiger partial charge in [0.05, 0.1) is 11.4 Å². The van der Waals surface area contributed by atoms with E-state index in [0.29, 0.717) is 4.31 Å². The van der Waals surface area contributed by atoms with E-state index in [1.54, 1.807) is 12.1 Å². The van der Waals surface area contributed by atoms with E-state index in [2.05, 4.69) is 5.32 Å². The lowest BCUT2D eigenvalue weighted by Gasteiger charge is -2.16. The van der Waals surface area contributed by atoms with Crippen LogP contribution in [0.2, 0.25) is 0 Å². The molecule has 0 aliphatic carbocycles. The van der Waals surface area contributed by atoms with E-state index < -0.39 is 23.0 Å². The van der Waals surface area contributed by atoms with E-state index in [1.165, 1.54) is 12.1 Å². The SMILES string of the molecule is CCNc1ccc(S(=O)(=O)N(C)CC(F)F)cc1. The predicted octanol–water partition coefficient (Wildman–Crippen LogP) is 2.00. The fourth-order valence-electron chi connectivity index (χ4n) is 1.42. The number of alkyl halides is 2. The Hall–Kier alpha value is -1.21. The summed E-state index contributed by atoms with van der Waals surface area (Å²) in [7, 11) is -2.70. The van der Waals surface area contributed by atoms with Crippen molar-refractivity contribution in [2.75, 3.05) is 25.5 Å². The molecule has 1 rings (SSSR count). The lowest BCUT2D eigenvalue weighted by Crippen LogP contribution is -2.31. The van der Waals surface area contributed by atoms with Crippen LogP contribution in [0.1, 0.15) is 6.92 Å². The molecule has 4 nitrogen and oxygen atoms in total. The second kappa shape index (κ2) is 6.10. The van der Waals surface area contributed by atoms with E-state index in [1.807, 2.05) is 6.92 Å². The summed E-state index contributed by atoms with van der Waals surface area (Å²) in [6.07, 6.45) is -2.69. The van der Waals surface area contributed by atoms with E-state index in [4.69, 9.17) is 0 Å². The number of halogens is 2. The van der Waals surface area contributed by atoms with Crippen molar-refractivity contribution >= 4 is 15.7 Å². The van der Waals surface area contributed by atoms with Gasteiger partial charge < -0.3 is 5.32 Å². The number of sulfonamides is 1. The third kappa shape index (κ3) is 3.64. The van der Waals surface area contributed by atoms with Crippen LogP contribution in [0, 0.1) is 0 Å². The van der Waals surface area contributed by atoms with Gasteiger partial charge in [-0.25, -0.2) is 17.2 Å². The number of benzene rings is 1. The fourth-order valence-corrected chi connectivity index (χ4v) is 2.57. The summed E-state index contributed by atoms with van der Waals surface area (Å²) in [6, 6.07) is 6.00.